The van der Waals surface area contributed by atoms with E-state index in [1.54, 1.807) is 42.5 Å². The lowest BCUT2D eigenvalue weighted by molar-refractivity contribution is 0.0653. The van der Waals surface area contributed by atoms with Gasteiger partial charge in [-0.05, 0) is 30.3 Å². The number of rotatable bonds is 3. The van der Waals surface area contributed by atoms with Gasteiger partial charge in [-0.2, -0.15) is 0 Å². The van der Waals surface area contributed by atoms with Gasteiger partial charge in [0, 0.05) is 18.0 Å². The lowest BCUT2D eigenvalue weighted by Crippen LogP contribution is -2.32. The van der Waals surface area contributed by atoms with Gasteiger partial charge in [0.05, 0.1) is 22.0 Å². The highest BCUT2D eigenvalue weighted by Gasteiger charge is 2.34. The fourth-order valence-electron chi connectivity index (χ4n) is 2.85. The minimum absolute atomic E-state index is 0.0777. The molecule has 0 fully saturated rings. The lowest BCUT2D eigenvalue weighted by atomic mass is 10.1. The molecule has 1 aliphatic heterocycles. The second kappa shape index (κ2) is 5.82. The van der Waals surface area contributed by atoms with Crippen molar-refractivity contribution in [1.82, 2.24) is 9.88 Å². The van der Waals surface area contributed by atoms with Crippen molar-refractivity contribution in [2.75, 3.05) is 6.54 Å². The molecule has 2 aromatic carbocycles. The van der Waals surface area contributed by atoms with Gasteiger partial charge in [-0.25, -0.2) is 9.78 Å². The van der Waals surface area contributed by atoms with Gasteiger partial charge < -0.3 is 4.42 Å². The first-order chi connectivity index (χ1) is 12.0. The van der Waals surface area contributed by atoms with Crippen LogP contribution in [0.4, 0.5) is 0 Å². The molecule has 0 radical (unpaired) electrons. The van der Waals surface area contributed by atoms with E-state index in [1.807, 2.05) is 0 Å². The van der Waals surface area contributed by atoms with Crippen LogP contribution in [0.1, 0.15) is 26.6 Å². The number of imide groups is 1. The average molecular weight is 355 g/mol. The first kappa shape index (κ1) is 15.5. The van der Waals surface area contributed by atoms with Gasteiger partial charge in [0.15, 0.2) is 0 Å². The van der Waals surface area contributed by atoms with E-state index < -0.39 is 5.63 Å². The Morgan fingerprint density at radius 3 is 2.36 bits per heavy atom. The Kier molecular flexibility index (Phi) is 3.62. The van der Waals surface area contributed by atoms with E-state index >= 15 is 0 Å². The Morgan fingerprint density at radius 1 is 1.00 bits per heavy atom. The minimum atomic E-state index is -0.529. The number of carbonyl (C=O) groups is 2. The Balaban J connectivity index is 1.60. The SMILES string of the molecule is O=C1c2ccccc2C(=O)N1CCc1nc2cc(Cl)ccc2c(=O)o1. The maximum Gasteiger partial charge on any atom is 0.346 e. The summed E-state index contributed by atoms with van der Waals surface area (Å²) in [4.78, 5) is 42.1. The van der Waals surface area contributed by atoms with E-state index in [0.717, 1.165) is 4.90 Å². The molecule has 2 heterocycles. The van der Waals surface area contributed by atoms with Gasteiger partial charge in [0.2, 0.25) is 5.89 Å². The summed E-state index contributed by atoms with van der Waals surface area (Å²) >= 11 is 5.92. The molecule has 6 nitrogen and oxygen atoms in total. The lowest BCUT2D eigenvalue weighted by Gasteiger charge is -2.12. The highest BCUT2D eigenvalue weighted by molar-refractivity contribution is 6.31. The molecule has 1 aliphatic rings. The normalized spacial score (nSPS) is 13.6. The third-order valence-corrected chi connectivity index (χ3v) is 4.30. The molecule has 2 amide bonds. The minimum Gasteiger partial charge on any atom is -0.408 e. The highest BCUT2D eigenvalue weighted by Crippen LogP contribution is 2.22. The second-order valence-corrected chi connectivity index (χ2v) is 6.05. The van der Waals surface area contributed by atoms with Crippen LogP contribution >= 0.6 is 11.6 Å². The van der Waals surface area contributed by atoms with Gasteiger partial charge >= 0.3 is 5.63 Å². The van der Waals surface area contributed by atoms with Gasteiger partial charge in [-0.15, -0.1) is 0 Å². The molecule has 0 aliphatic carbocycles. The number of hydrogen-bond acceptors (Lipinski definition) is 5. The van der Waals surface area contributed by atoms with Crippen LogP contribution in [0.2, 0.25) is 5.02 Å². The molecule has 25 heavy (non-hydrogen) atoms. The van der Waals surface area contributed by atoms with E-state index in [-0.39, 0.29) is 30.7 Å². The average Bonchev–Trinajstić information content (AvgIpc) is 2.84. The van der Waals surface area contributed by atoms with Gasteiger partial charge in [0.1, 0.15) is 0 Å². The maximum atomic E-state index is 12.3. The van der Waals surface area contributed by atoms with E-state index in [4.69, 9.17) is 16.0 Å². The number of amides is 2. The van der Waals surface area contributed by atoms with Crippen LogP contribution in [-0.4, -0.2) is 28.2 Å². The highest BCUT2D eigenvalue weighted by atomic mass is 35.5. The van der Waals surface area contributed by atoms with Crippen LogP contribution in [0.25, 0.3) is 10.9 Å². The molecule has 4 rings (SSSR count). The largest absolute Gasteiger partial charge is 0.408 e. The van der Waals surface area contributed by atoms with Crippen LogP contribution < -0.4 is 5.63 Å². The van der Waals surface area contributed by atoms with Crippen LogP contribution in [0.3, 0.4) is 0 Å². The van der Waals surface area contributed by atoms with Crippen molar-refractivity contribution in [2.45, 2.75) is 6.42 Å². The second-order valence-electron chi connectivity index (χ2n) is 5.61. The molecule has 0 saturated heterocycles. The summed E-state index contributed by atoms with van der Waals surface area (Å²) in [5.74, 6) is -0.560. The number of halogens is 1. The molecule has 0 spiro atoms. The standard InChI is InChI=1S/C18H11ClN2O4/c19-10-5-6-13-14(9-10)20-15(25-18(13)24)7-8-21-16(22)11-3-1-2-4-12(11)17(21)23/h1-6,9H,7-8H2. The summed E-state index contributed by atoms with van der Waals surface area (Å²) in [6, 6.07) is 11.4. The Morgan fingerprint density at radius 2 is 1.68 bits per heavy atom. The molecule has 0 bridgehead atoms. The predicted octanol–water partition coefficient (Wildman–Crippen LogP) is 2.68. The zero-order valence-corrected chi connectivity index (χ0v) is 13.6. The summed E-state index contributed by atoms with van der Waals surface area (Å²) in [5, 5.41) is 0.783. The van der Waals surface area contributed by atoms with Crippen molar-refractivity contribution in [1.29, 1.82) is 0 Å². The summed E-state index contributed by atoms with van der Waals surface area (Å²) in [5.41, 5.74) is 0.652. The van der Waals surface area contributed by atoms with Crippen molar-refractivity contribution in [3.05, 3.63) is 74.9 Å². The van der Waals surface area contributed by atoms with E-state index in [9.17, 15) is 14.4 Å². The summed E-state index contributed by atoms with van der Waals surface area (Å²) in [6.07, 6.45) is 0.142. The topological polar surface area (TPSA) is 80.5 Å². The van der Waals surface area contributed by atoms with Crippen molar-refractivity contribution in [3.63, 3.8) is 0 Å². The summed E-state index contributed by atoms with van der Waals surface area (Å²) < 4.78 is 5.18. The number of fused-ring (bicyclic) bond motifs is 2. The van der Waals surface area contributed by atoms with Crippen LogP contribution in [0.15, 0.2) is 51.7 Å². The number of nitrogens with zero attached hydrogens (tertiary/aromatic N) is 2. The summed E-state index contributed by atoms with van der Waals surface area (Å²) in [7, 11) is 0. The Hall–Kier alpha value is -2.99. The molecule has 124 valence electrons. The van der Waals surface area contributed by atoms with Gasteiger partial charge in [0.25, 0.3) is 11.8 Å². The monoisotopic (exact) mass is 354 g/mol. The van der Waals surface area contributed by atoms with E-state index in [1.165, 1.54) is 0 Å². The quantitative estimate of drug-likeness (QED) is 0.675. The predicted molar refractivity (Wildman–Crippen MR) is 90.8 cm³/mol. The van der Waals surface area contributed by atoms with E-state index in [0.29, 0.717) is 27.1 Å². The smallest absolute Gasteiger partial charge is 0.346 e. The van der Waals surface area contributed by atoms with Crippen molar-refractivity contribution >= 4 is 34.3 Å². The Labute approximate surface area is 146 Å². The molecule has 3 aromatic rings. The third-order valence-electron chi connectivity index (χ3n) is 4.06. The molecular weight excluding hydrogens is 344 g/mol. The first-order valence-electron chi connectivity index (χ1n) is 7.59. The molecule has 0 N–H and O–H groups in total. The molecule has 7 heteroatoms. The van der Waals surface area contributed by atoms with Crippen molar-refractivity contribution in [3.8, 4) is 0 Å². The number of aromatic nitrogens is 1. The van der Waals surface area contributed by atoms with Gasteiger partial charge in [-0.1, -0.05) is 23.7 Å². The van der Waals surface area contributed by atoms with Crippen molar-refractivity contribution < 1.29 is 14.0 Å². The molecule has 0 saturated carbocycles. The fraction of sp³-hybridized carbons (Fsp3) is 0.111. The zero-order chi connectivity index (χ0) is 17.6. The van der Waals surface area contributed by atoms with Gasteiger partial charge in [-0.3, -0.25) is 14.5 Å². The molecule has 0 unspecified atom stereocenters. The maximum absolute atomic E-state index is 12.3. The fourth-order valence-corrected chi connectivity index (χ4v) is 3.01. The number of carbonyl (C=O) groups excluding carboxylic acids is 2. The van der Waals surface area contributed by atoms with Crippen LogP contribution in [0, 0.1) is 0 Å². The Bertz CT molecular complexity index is 1050. The number of hydrogen-bond donors (Lipinski definition) is 0. The van der Waals surface area contributed by atoms with Crippen molar-refractivity contribution in [2.24, 2.45) is 0 Å². The van der Waals surface area contributed by atoms with Crippen LogP contribution in [-0.2, 0) is 6.42 Å². The van der Waals surface area contributed by atoms with Crippen LogP contribution in [0.5, 0.6) is 0 Å². The number of benzene rings is 2. The third kappa shape index (κ3) is 2.60. The summed E-state index contributed by atoms with van der Waals surface area (Å²) in [6.45, 7) is 0.0777. The molecule has 1 aromatic heterocycles. The first-order valence-corrected chi connectivity index (χ1v) is 7.97. The van der Waals surface area contributed by atoms with E-state index in [2.05, 4.69) is 4.98 Å². The zero-order valence-electron chi connectivity index (χ0n) is 12.9. The molecular formula is C18H11ClN2O4. The molecule has 0 atom stereocenters.